The SMILES string of the molecule is COc1cc(CC(CO)CCO)cc(OC)c1OC. The monoisotopic (exact) mass is 270 g/mol. The van der Waals surface area contributed by atoms with E-state index in [1.54, 1.807) is 21.3 Å². The Kier molecular flexibility index (Phi) is 6.45. The maximum Gasteiger partial charge on any atom is 0.203 e. The number of rotatable bonds is 8. The maximum absolute atomic E-state index is 9.27. The molecule has 0 fully saturated rings. The summed E-state index contributed by atoms with van der Waals surface area (Å²) in [5.74, 6) is 1.76. The van der Waals surface area contributed by atoms with Crippen LogP contribution in [0.4, 0.5) is 0 Å². The van der Waals surface area contributed by atoms with Crippen molar-refractivity contribution in [3.8, 4) is 17.2 Å². The Labute approximate surface area is 113 Å². The van der Waals surface area contributed by atoms with Crippen molar-refractivity contribution in [2.24, 2.45) is 5.92 Å². The first-order valence-electron chi connectivity index (χ1n) is 6.20. The quantitative estimate of drug-likeness (QED) is 0.744. The van der Waals surface area contributed by atoms with Crippen LogP contribution >= 0.6 is 0 Å². The van der Waals surface area contributed by atoms with Gasteiger partial charge in [-0.2, -0.15) is 0 Å². The van der Waals surface area contributed by atoms with Gasteiger partial charge in [0.25, 0.3) is 0 Å². The van der Waals surface area contributed by atoms with Crippen LogP contribution in [0.5, 0.6) is 17.2 Å². The van der Waals surface area contributed by atoms with Gasteiger partial charge in [-0.1, -0.05) is 0 Å². The molecule has 0 saturated heterocycles. The molecule has 0 radical (unpaired) electrons. The second-order valence-electron chi connectivity index (χ2n) is 4.30. The van der Waals surface area contributed by atoms with Gasteiger partial charge in [0.2, 0.25) is 5.75 Å². The molecule has 5 heteroatoms. The summed E-state index contributed by atoms with van der Waals surface area (Å²) in [5.41, 5.74) is 0.974. The van der Waals surface area contributed by atoms with Crippen molar-refractivity contribution in [3.63, 3.8) is 0 Å². The molecule has 1 aromatic rings. The molecule has 1 aromatic carbocycles. The zero-order chi connectivity index (χ0) is 14.3. The minimum absolute atomic E-state index is 0.0211. The lowest BCUT2D eigenvalue weighted by Gasteiger charge is -2.17. The van der Waals surface area contributed by atoms with Crippen molar-refractivity contribution in [3.05, 3.63) is 17.7 Å². The molecule has 0 aromatic heterocycles. The summed E-state index contributed by atoms with van der Waals surface area (Å²) in [5, 5.41) is 18.2. The van der Waals surface area contributed by atoms with Gasteiger partial charge >= 0.3 is 0 Å². The Balaban J connectivity index is 3.01. The van der Waals surface area contributed by atoms with Gasteiger partial charge in [0.15, 0.2) is 11.5 Å². The van der Waals surface area contributed by atoms with Crippen LogP contribution in [-0.4, -0.2) is 44.8 Å². The van der Waals surface area contributed by atoms with E-state index in [2.05, 4.69) is 0 Å². The Morgan fingerprint density at radius 1 is 1.00 bits per heavy atom. The first-order valence-corrected chi connectivity index (χ1v) is 6.20. The highest BCUT2D eigenvalue weighted by Gasteiger charge is 2.15. The molecule has 1 rings (SSSR count). The first-order chi connectivity index (χ1) is 9.19. The van der Waals surface area contributed by atoms with E-state index in [4.69, 9.17) is 19.3 Å². The summed E-state index contributed by atoms with van der Waals surface area (Å²) in [4.78, 5) is 0. The minimum Gasteiger partial charge on any atom is -0.493 e. The van der Waals surface area contributed by atoms with E-state index in [-0.39, 0.29) is 19.1 Å². The fraction of sp³-hybridized carbons (Fsp3) is 0.571. The summed E-state index contributed by atoms with van der Waals surface area (Å²) >= 11 is 0. The van der Waals surface area contributed by atoms with Crippen LogP contribution in [0.15, 0.2) is 12.1 Å². The summed E-state index contributed by atoms with van der Waals surface area (Å²) in [6.07, 6.45) is 1.21. The molecular weight excluding hydrogens is 248 g/mol. The third kappa shape index (κ3) is 4.01. The predicted molar refractivity (Wildman–Crippen MR) is 72.1 cm³/mol. The number of methoxy groups -OCH3 is 3. The van der Waals surface area contributed by atoms with Crippen LogP contribution < -0.4 is 14.2 Å². The third-order valence-corrected chi connectivity index (χ3v) is 3.04. The molecule has 0 aliphatic carbocycles. The summed E-state index contributed by atoms with van der Waals surface area (Å²) < 4.78 is 15.8. The molecular formula is C14H22O5. The lowest BCUT2D eigenvalue weighted by atomic mass is 9.97. The topological polar surface area (TPSA) is 68.2 Å². The fourth-order valence-corrected chi connectivity index (χ4v) is 2.03. The first kappa shape index (κ1) is 15.6. The molecule has 0 aliphatic heterocycles. The van der Waals surface area contributed by atoms with Crippen LogP contribution in [0, 0.1) is 5.92 Å². The molecule has 2 N–H and O–H groups in total. The van der Waals surface area contributed by atoms with Gasteiger partial charge in [-0.25, -0.2) is 0 Å². The van der Waals surface area contributed by atoms with E-state index < -0.39 is 0 Å². The van der Waals surface area contributed by atoms with Crippen molar-refractivity contribution in [2.45, 2.75) is 12.8 Å². The molecule has 0 heterocycles. The van der Waals surface area contributed by atoms with Gasteiger partial charge in [-0.05, 0) is 36.5 Å². The maximum atomic E-state index is 9.27. The number of aliphatic hydroxyl groups excluding tert-OH is 2. The van der Waals surface area contributed by atoms with E-state index in [0.717, 1.165) is 5.56 Å². The van der Waals surface area contributed by atoms with Gasteiger partial charge in [0, 0.05) is 13.2 Å². The average Bonchev–Trinajstić information content (AvgIpc) is 2.45. The van der Waals surface area contributed by atoms with Crippen molar-refractivity contribution in [2.75, 3.05) is 34.5 Å². The standard InChI is InChI=1S/C14H22O5/c1-17-12-7-11(6-10(9-16)4-5-15)8-13(18-2)14(12)19-3/h7-8,10,15-16H,4-6,9H2,1-3H3. The second-order valence-corrected chi connectivity index (χ2v) is 4.30. The van der Waals surface area contributed by atoms with E-state index in [0.29, 0.717) is 30.1 Å². The van der Waals surface area contributed by atoms with Crippen molar-refractivity contribution in [1.82, 2.24) is 0 Å². The van der Waals surface area contributed by atoms with Crippen molar-refractivity contribution in [1.29, 1.82) is 0 Å². The van der Waals surface area contributed by atoms with Gasteiger partial charge in [0.1, 0.15) is 0 Å². The molecule has 5 nitrogen and oxygen atoms in total. The number of benzene rings is 1. The smallest absolute Gasteiger partial charge is 0.203 e. The average molecular weight is 270 g/mol. The van der Waals surface area contributed by atoms with Crippen LogP contribution in [-0.2, 0) is 6.42 Å². The lowest BCUT2D eigenvalue weighted by Crippen LogP contribution is -2.11. The minimum atomic E-state index is 0.0211. The highest BCUT2D eigenvalue weighted by molar-refractivity contribution is 5.53. The van der Waals surface area contributed by atoms with Gasteiger partial charge in [-0.15, -0.1) is 0 Å². The van der Waals surface area contributed by atoms with E-state index in [9.17, 15) is 5.11 Å². The number of ether oxygens (including phenoxy) is 3. The van der Waals surface area contributed by atoms with Crippen molar-refractivity contribution >= 4 is 0 Å². The van der Waals surface area contributed by atoms with E-state index in [1.165, 1.54) is 0 Å². The zero-order valence-electron chi connectivity index (χ0n) is 11.7. The summed E-state index contributed by atoms with van der Waals surface area (Å²) in [6, 6.07) is 3.72. The molecule has 0 aliphatic rings. The zero-order valence-corrected chi connectivity index (χ0v) is 11.7. The molecule has 19 heavy (non-hydrogen) atoms. The number of hydrogen-bond acceptors (Lipinski definition) is 5. The molecule has 1 atom stereocenters. The molecule has 108 valence electrons. The molecule has 0 spiro atoms. The summed E-state index contributed by atoms with van der Waals surface area (Å²) in [6.45, 7) is 0.104. The molecule has 1 unspecified atom stereocenters. The predicted octanol–water partition coefficient (Wildman–Crippen LogP) is 1.25. The Morgan fingerprint density at radius 2 is 1.58 bits per heavy atom. The van der Waals surface area contributed by atoms with E-state index in [1.807, 2.05) is 12.1 Å². The highest BCUT2D eigenvalue weighted by Crippen LogP contribution is 2.38. The molecule has 0 amide bonds. The Morgan fingerprint density at radius 3 is 1.95 bits per heavy atom. The molecule has 0 bridgehead atoms. The van der Waals surface area contributed by atoms with E-state index >= 15 is 0 Å². The normalized spacial score (nSPS) is 12.1. The Bertz CT molecular complexity index is 366. The van der Waals surface area contributed by atoms with Crippen LogP contribution in [0.25, 0.3) is 0 Å². The van der Waals surface area contributed by atoms with Gasteiger partial charge in [-0.3, -0.25) is 0 Å². The number of aliphatic hydroxyl groups is 2. The number of hydrogen-bond donors (Lipinski definition) is 2. The van der Waals surface area contributed by atoms with Crippen LogP contribution in [0.3, 0.4) is 0 Å². The Hall–Kier alpha value is -1.46. The van der Waals surface area contributed by atoms with Gasteiger partial charge in [0.05, 0.1) is 21.3 Å². The largest absolute Gasteiger partial charge is 0.493 e. The van der Waals surface area contributed by atoms with Crippen LogP contribution in [0.2, 0.25) is 0 Å². The third-order valence-electron chi connectivity index (χ3n) is 3.04. The highest BCUT2D eigenvalue weighted by atomic mass is 16.5. The van der Waals surface area contributed by atoms with Gasteiger partial charge < -0.3 is 24.4 Å². The van der Waals surface area contributed by atoms with Crippen LogP contribution in [0.1, 0.15) is 12.0 Å². The summed E-state index contributed by atoms with van der Waals surface area (Å²) in [7, 11) is 4.69. The molecule has 0 saturated carbocycles. The second kappa shape index (κ2) is 7.86. The lowest BCUT2D eigenvalue weighted by molar-refractivity contribution is 0.183. The van der Waals surface area contributed by atoms with Crippen molar-refractivity contribution < 1.29 is 24.4 Å². The fourth-order valence-electron chi connectivity index (χ4n) is 2.03.